The van der Waals surface area contributed by atoms with Crippen LogP contribution < -0.4 is 10.6 Å². The molecule has 1 amide bonds. The van der Waals surface area contributed by atoms with Crippen LogP contribution in [-0.2, 0) is 11.2 Å². The van der Waals surface area contributed by atoms with Crippen LogP contribution in [0.25, 0.3) is 0 Å². The summed E-state index contributed by atoms with van der Waals surface area (Å²) >= 11 is 3.38. The van der Waals surface area contributed by atoms with Crippen LogP contribution in [0.1, 0.15) is 18.4 Å². The van der Waals surface area contributed by atoms with E-state index in [2.05, 4.69) is 26.6 Å². The van der Waals surface area contributed by atoms with Crippen molar-refractivity contribution >= 4 is 34.2 Å². The molecule has 0 saturated carbocycles. The number of carbonyl (C=O) groups is 1. The van der Waals surface area contributed by atoms with Gasteiger partial charge < -0.3 is 10.6 Å². The Labute approximate surface area is 129 Å². The lowest BCUT2D eigenvalue weighted by Gasteiger charge is -2.09. The van der Waals surface area contributed by atoms with Gasteiger partial charge in [0.2, 0.25) is 5.91 Å². The van der Waals surface area contributed by atoms with E-state index in [1.807, 2.05) is 24.3 Å². The van der Waals surface area contributed by atoms with Crippen LogP contribution in [0.3, 0.4) is 0 Å². The van der Waals surface area contributed by atoms with Crippen molar-refractivity contribution in [1.29, 1.82) is 0 Å². The Morgan fingerprint density at radius 3 is 2.74 bits per heavy atom. The first-order valence-corrected chi connectivity index (χ1v) is 7.25. The number of benzene rings is 1. The van der Waals surface area contributed by atoms with Crippen LogP contribution in [0.15, 0.2) is 28.7 Å². The molecule has 1 aromatic rings. The lowest BCUT2D eigenvalue weighted by Crippen LogP contribution is -2.27. The van der Waals surface area contributed by atoms with Crippen molar-refractivity contribution in [3.05, 3.63) is 34.3 Å². The van der Waals surface area contributed by atoms with Gasteiger partial charge >= 0.3 is 0 Å². The molecule has 3 nitrogen and oxygen atoms in total. The minimum absolute atomic E-state index is 0. The van der Waals surface area contributed by atoms with Gasteiger partial charge in [0.15, 0.2) is 0 Å². The number of hydrogen-bond acceptors (Lipinski definition) is 2. The summed E-state index contributed by atoms with van der Waals surface area (Å²) in [5.41, 5.74) is 1.05. The maximum Gasteiger partial charge on any atom is 0.224 e. The molecule has 19 heavy (non-hydrogen) atoms. The summed E-state index contributed by atoms with van der Waals surface area (Å²) in [6.07, 6.45) is 2.79. The van der Waals surface area contributed by atoms with Crippen molar-refractivity contribution in [1.82, 2.24) is 10.6 Å². The van der Waals surface area contributed by atoms with E-state index in [9.17, 15) is 4.79 Å². The van der Waals surface area contributed by atoms with E-state index in [1.54, 1.807) is 0 Å². The SMILES string of the molecule is Cl.O=C(Cc1ccc(Br)cc1)NCCC1CCNC1. The van der Waals surface area contributed by atoms with E-state index < -0.39 is 0 Å². The summed E-state index contributed by atoms with van der Waals surface area (Å²) in [5, 5.41) is 6.33. The number of halogens is 2. The van der Waals surface area contributed by atoms with Gasteiger partial charge in [0.1, 0.15) is 0 Å². The van der Waals surface area contributed by atoms with Gasteiger partial charge in [-0.25, -0.2) is 0 Å². The largest absolute Gasteiger partial charge is 0.356 e. The Balaban J connectivity index is 0.00000180. The topological polar surface area (TPSA) is 41.1 Å². The first-order valence-electron chi connectivity index (χ1n) is 6.46. The highest BCUT2D eigenvalue weighted by Crippen LogP contribution is 2.12. The Morgan fingerprint density at radius 1 is 1.37 bits per heavy atom. The number of carbonyl (C=O) groups excluding carboxylic acids is 1. The summed E-state index contributed by atoms with van der Waals surface area (Å²) < 4.78 is 1.04. The highest BCUT2D eigenvalue weighted by atomic mass is 79.9. The summed E-state index contributed by atoms with van der Waals surface area (Å²) in [6.45, 7) is 3.02. The second kappa shape index (κ2) is 8.56. The molecular formula is C14H20BrClN2O. The average molecular weight is 348 g/mol. The molecule has 1 heterocycles. The molecule has 1 fully saturated rings. The Kier molecular flexibility index (Phi) is 7.42. The van der Waals surface area contributed by atoms with Crippen molar-refractivity contribution in [3.63, 3.8) is 0 Å². The fourth-order valence-electron chi connectivity index (χ4n) is 2.23. The van der Waals surface area contributed by atoms with E-state index in [4.69, 9.17) is 0 Å². The first-order chi connectivity index (χ1) is 8.74. The zero-order valence-electron chi connectivity index (χ0n) is 10.8. The number of amides is 1. The molecular weight excluding hydrogens is 328 g/mol. The Hall–Kier alpha value is -0.580. The van der Waals surface area contributed by atoms with Gasteiger partial charge in [0, 0.05) is 11.0 Å². The molecule has 106 valence electrons. The predicted molar refractivity (Wildman–Crippen MR) is 83.7 cm³/mol. The molecule has 1 aliphatic heterocycles. The van der Waals surface area contributed by atoms with E-state index in [0.29, 0.717) is 6.42 Å². The average Bonchev–Trinajstić information content (AvgIpc) is 2.85. The highest BCUT2D eigenvalue weighted by molar-refractivity contribution is 9.10. The highest BCUT2D eigenvalue weighted by Gasteiger charge is 2.14. The summed E-state index contributed by atoms with van der Waals surface area (Å²) in [4.78, 5) is 11.7. The monoisotopic (exact) mass is 346 g/mol. The molecule has 0 bridgehead atoms. The molecule has 1 atom stereocenters. The van der Waals surface area contributed by atoms with Crippen LogP contribution >= 0.6 is 28.3 Å². The number of hydrogen-bond donors (Lipinski definition) is 2. The van der Waals surface area contributed by atoms with Gasteiger partial charge in [-0.05, 0) is 49.5 Å². The normalized spacial score (nSPS) is 17.8. The van der Waals surface area contributed by atoms with E-state index in [0.717, 1.165) is 42.0 Å². The van der Waals surface area contributed by atoms with E-state index in [-0.39, 0.29) is 18.3 Å². The maximum absolute atomic E-state index is 11.7. The molecule has 2 rings (SSSR count). The molecule has 0 spiro atoms. The second-order valence-electron chi connectivity index (χ2n) is 4.80. The molecule has 1 unspecified atom stereocenters. The van der Waals surface area contributed by atoms with Crippen LogP contribution in [-0.4, -0.2) is 25.5 Å². The van der Waals surface area contributed by atoms with Gasteiger partial charge in [-0.15, -0.1) is 12.4 Å². The second-order valence-corrected chi connectivity index (χ2v) is 5.72. The third-order valence-electron chi connectivity index (χ3n) is 3.32. The van der Waals surface area contributed by atoms with E-state index >= 15 is 0 Å². The minimum Gasteiger partial charge on any atom is -0.356 e. The fraction of sp³-hybridized carbons (Fsp3) is 0.500. The fourth-order valence-corrected chi connectivity index (χ4v) is 2.49. The molecule has 0 aliphatic carbocycles. The minimum atomic E-state index is 0. The molecule has 2 N–H and O–H groups in total. The van der Waals surface area contributed by atoms with Gasteiger partial charge in [0.25, 0.3) is 0 Å². The van der Waals surface area contributed by atoms with Gasteiger partial charge in [-0.1, -0.05) is 28.1 Å². The predicted octanol–water partition coefficient (Wildman–Crippen LogP) is 2.53. The molecule has 1 aromatic carbocycles. The lowest BCUT2D eigenvalue weighted by atomic mass is 10.1. The van der Waals surface area contributed by atoms with E-state index in [1.165, 1.54) is 6.42 Å². The van der Waals surface area contributed by atoms with Gasteiger partial charge in [-0.3, -0.25) is 4.79 Å². The summed E-state index contributed by atoms with van der Waals surface area (Å²) in [6, 6.07) is 7.88. The first kappa shape index (κ1) is 16.5. The summed E-state index contributed by atoms with van der Waals surface area (Å²) in [7, 11) is 0. The van der Waals surface area contributed by atoms with Crippen LogP contribution in [0, 0.1) is 5.92 Å². The smallest absolute Gasteiger partial charge is 0.224 e. The van der Waals surface area contributed by atoms with Crippen LogP contribution in [0.5, 0.6) is 0 Å². The van der Waals surface area contributed by atoms with Crippen molar-refractivity contribution in [2.24, 2.45) is 5.92 Å². The molecule has 0 aromatic heterocycles. The quantitative estimate of drug-likeness (QED) is 0.859. The molecule has 0 radical (unpaired) electrons. The Bertz CT molecular complexity index is 391. The van der Waals surface area contributed by atoms with Gasteiger partial charge in [0.05, 0.1) is 6.42 Å². The standard InChI is InChI=1S/C14H19BrN2O.ClH/c15-13-3-1-11(2-4-13)9-14(18)17-8-6-12-5-7-16-10-12;/h1-4,12,16H,5-10H2,(H,17,18);1H. The summed E-state index contributed by atoms with van der Waals surface area (Å²) in [5.74, 6) is 0.848. The Morgan fingerprint density at radius 2 is 2.11 bits per heavy atom. The molecule has 5 heteroatoms. The lowest BCUT2D eigenvalue weighted by molar-refractivity contribution is -0.120. The van der Waals surface area contributed by atoms with Crippen molar-refractivity contribution in [2.45, 2.75) is 19.3 Å². The van der Waals surface area contributed by atoms with Crippen molar-refractivity contribution in [2.75, 3.05) is 19.6 Å². The molecule has 1 aliphatic rings. The zero-order valence-corrected chi connectivity index (χ0v) is 13.2. The van der Waals surface area contributed by atoms with Crippen molar-refractivity contribution < 1.29 is 4.79 Å². The molecule has 1 saturated heterocycles. The third kappa shape index (κ3) is 5.93. The zero-order chi connectivity index (χ0) is 12.8. The third-order valence-corrected chi connectivity index (χ3v) is 3.84. The van der Waals surface area contributed by atoms with Crippen molar-refractivity contribution in [3.8, 4) is 0 Å². The van der Waals surface area contributed by atoms with Crippen LogP contribution in [0.4, 0.5) is 0 Å². The maximum atomic E-state index is 11.7. The number of rotatable bonds is 5. The van der Waals surface area contributed by atoms with Crippen LogP contribution in [0.2, 0.25) is 0 Å². The number of nitrogens with one attached hydrogen (secondary N) is 2. The van der Waals surface area contributed by atoms with Gasteiger partial charge in [-0.2, -0.15) is 0 Å².